The van der Waals surface area contributed by atoms with Crippen molar-refractivity contribution in [2.75, 3.05) is 18.1 Å². The number of nitrogens with zero attached hydrogens (tertiary/aromatic N) is 4. The van der Waals surface area contributed by atoms with Crippen LogP contribution in [0.4, 0.5) is 10.2 Å². The number of aromatic carboxylic acids is 1. The molecule has 8 heteroatoms. The average Bonchev–Trinajstić information content (AvgIpc) is 3.29. The number of hydrogen-bond donors (Lipinski definition) is 1. The minimum atomic E-state index is -1.32. The van der Waals surface area contributed by atoms with Gasteiger partial charge in [0.05, 0.1) is 17.7 Å². The fraction of sp³-hybridized carbons (Fsp3) is 0.435. The van der Waals surface area contributed by atoms with Gasteiger partial charge in [-0.25, -0.2) is 19.2 Å². The maximum atomic E-state index is 14.9. The van der Waals surface area contributed by atoms with Gasteiger partial charge in [0.25, 0.3) is 0 Å². The molecule has 0 unspecified atom stereocenters. The number of carboxylic acids is 1. The fourth-order valence-electron chi connectivity index (χ4n) is 4.39. The van der Waals surface area contributed by atoms with Crippen molar-refractivity contribution in [2.45, 2.75) is 52.2 Å². The summed E-state index contributed by atoms with van der Waals surface area (Å²) in [5.41, 5.74) is 0.923. The van der Waals surface area contributed by atoms with E-state index in [1.807, 2.05) is 23.6 Å². The van der Waals surface area contributed by atoms with Crippen molar-refractivity contribution in [2.24, 2.45) is 0 Å². The lowest BCUT2D eigenvalue weighted by atomic mass is 10.2. The van der Waals surface area contributed by atoms with Gasteiger partial charge in [0.2, 0.25) is 0 Å². The van der Waals surface area contributed by atoms with Crippen LogP contribution in [0.15, 0.2) is 30.5 Å². The Hall–Kier alpha value is -3.00. The number of ether oxygens (including phenoxy) is 1. The number of benzene rings is 1. The van der Waals surface area contributed by atoms with Crippen molar-refractivity contribution in [3.8, 4) is 11.4 Å². The first kappa shape index (κ1) is 21.2. The van der Waals surface area contributed by atoms with Gasteiger partial charge in [-0.1, -0.05) is 0 Å². The van der Waals surface area contributed by atoms with Gasteiger partial charge in [0.15, 0.2) is 5.82 Å². The molecule has 0 amide bonds. The first-order valence-electron chi connectivity index (χ1n) is 10.7. The monoisotopic (exact) mass is 426 g/mol. The van der Waals surface area contributed by atoms with E-state index in [4.69, 9.17) is 4.74 Å². The normalized spacial score (nSPS) is 18.8. The molecular weight excluding hydrogens is 399 g/mol. The van der Waals surface area contributed by atoms with E-state index < -0.39 is 11.8 Å². The van der Waals surface area contributed by atoms with Gasteiger partial charge in [-0.3, -0.25) is 0 Å². The number of rotatable bonds is 7. The third-order valence-corrected chi connectivity index (χ3v) is 5.98. The van der Waals surface area contributed by atoms with E-state index in [2.05, 4.69) is 28.7 Å². The third-order valence-electron chi connectivity index (χ3n) is 5.98. The number of fused-ring (bicyclic) bond motifs is 1. The molecule has 0 spiro atoms. The molecular formula is C23H27FN4O3. The predicted molar refractivity (Wildman–Crippen MR) is 117 cm³/mol. The second-order valence-electron chi connectivity index (χ2n) is 7.97. The van der Waals surface area contributed by atoms with Crippen LogP contribution in [-0.4, -0.2) is 50.9 Å². The van der Waals surface area contributed by atoms with Crippen molar-refractivity contribution in [3.63, 3.8) is 0 Å². The highest BCUT2D eigenvalue weighted by Gasteiger charge is 2.28. The fourth-order valence-corrected chi connectivity index (χ4v) is 4.39. The minimum Gasteiger partial charge on any atom is -0.478 e. The molecule has 1 aliphatic heterocycles. The first-order chi connectivity index (χ1) is 14.9. The number of halogens is 1. The van der Waals surface area contributed by atoms with Crippen LogP contribution in [0.5, 0.6) is 0 Å². The van der Waals surface area contributed by atoms with Gasteiger partial charge in [-0.15, -0.1) is 0 Å². The van der Waals surface area contributed by atoms with E-state index in [1.165, 1.54) is 6.07 Å². The summed E-state index contributed by atoms with van der Waals surface area (Å²) >= 11 is 0. The summed E-state index contributed by atoms with van der Waals surface area (Å²) in [6, 6.07) is 7.66. The molecule has 2 aromatic heterocycles. The SMILES string of the molecule is CCOCCn1c(-c2ccc(N3[C@@H](C)CC[C@@H]3C)nc2)nc2c(F)c(C(=O)O)ccc21. The van der Waals surface area contributed by atoms with Gasteiger partial charge in [-0.05, 0) is 57.9 Å². The molecule has 3 aromatic rings. The molecule has 0 aliphatic carbocycles. The zero-order valence-corrected chi connectivity index (χ0v) is 18.0. The van der Waals surface area contributed by atoms with Crippen molar-refractivity contribution in [3.05, 3.63) is 41.8 Å². The van der Waals surface area contributed by atoms with E-state index in [9.17, 15) is 14.3 Å². The summed E-state index contributed by atoms with van der Waals surface area (Å²) in [4.78, 5) is 22.8. The molecule has 1 saturated heterocycles. The standard InChI is InChI=1S/C23H27FN4O3/c1-4-31-12-11-27-18-9-8-17(23(29)30)20(24)21(18)26-22(27)16-7-10-19(25-13-16)28-14(2)5-6-15(28)3/h7-10,13-15H,4-6,11-12H2,1-3H3,(H,29,30)/t14-,15-/m0/s1. The lowest BCUT2D eigenvalue weighted by Crippen LogP contribution is -2.33. The Morgan fingerprint density at radius 3 is 2.58 bits per heavy atom. The summed E-state index contributed by atoms with van der Waals surface area (Å²) in [6.07, 6.45) is 4.04. The highest BCUT2D eigenvalue weighted by molar-refractivity contribution is 5.94. The highest BCUT2D eigenvalue weighted by atomic mass is 19.1. The van der Waals surface area contributed by atoms with E-state index in [-0.39, 0.29) is 11.1 Å². The number of anilines is 1. The summed E-state index contributed by atoms with van der Waals surface area (Å²) in [5.74, 6) is -0.689. The number of pyridine rings is 1. The maximum Gasteiger partial charge on any atom is 0.338 e. The van der Waals surface area contributed by atoms with Crippen LogP contribution in [0.3, 0.4) is 0 Å². The summed E-state index contributed by atoms with van der Waals surface area (Å²) in [6.45, 7) is 7.79. The zero-order valence-electron chi connectivity index (χ0n) is 18.0. The number of imidazole rings is 1. The number of carbonyl (C=O) groups is 1. The molecule has 0 bridgehead atoms. The molecule has 1 aromatic carbocycles. The Balaban J connectivity index is 1.77. The van der Waals surface area contributed by atoms with Crippen LogP contribution >= 0.6 is 0 Å². The summed E-state index contributed by atoms with van der Waals surface area (Å²) < 4.78 is 22.2. The topological polar surface area (TPSA) is 80.5 Å². The molecule has 1 fully saturated rings. The predicted octanol–water partition coefficient (Wildman–Crippen LogP) is 4.35. The van der Waals surface area contributed by atoms with E-state index in [0.717, 1.165) is 24.2 Å². The smallest absolute Gasteiger partial charge is 0.338 e. The maximum absolute atomic E-state index is 14.9. The molecule has 1 N–H and O–H groups in total. The molecule has 2 atom stereocenters. The lowest BCUT2D eigenvalue weighted by molar-refractivity contribution is 0.0692. The Kier molecular flexibility index (Phi) is 5.91. The van der Waals surface area contributed by atoms with Crippen molar-refractivity contribution in [1.82, 2.24) is 14.5 Å². The van der Waals surface area contributed by atoms with Crippen molar-refractivity contribution < 1.29 is 19.0 Å². The number of carboxylic acid groups (broad SMARTS) is 1. The van der Waals surface area contributed by atoms with Gasteiger partial charge in [-0.2, -0.15) is 0 Å². The van der Waals surface area contributed by atoms with E-state index in [0.29, 0.717) is 43.2 Å². The van der Waals surface area contributed by atoms with Gasteiger partial charge in [0, 0.05) is 37.0 Å². The van der Waals surface area contributed by atoms with Gasteiger partial charge in [0.1, 0.15) is 17.2 Å². The van der Waals surface area contributed by atoms with Crippen LogP contribution < -0.4 is 4.90 Å². The summed E-state index contributed by atoms with van der Waals surface area (Å²) in [7, 11) is 0. The average molecular weight is 426 g/mol. The van der Waals surface area contributed by atoms with Gasteiger partial charge < -0.3 is 19.3 Å². The molecule has 0 saturated carbocycles. The molecule has 1 aliphatic rings. The number of hydrogen-bond acceptors (Lipinski definition) is 5. The largest absolute Gasteiger partial charge is 0.478 e. The first-order valence-corrected chi connectivity index (χ1v) is 10.7. The second kappa shape index (κ2) is 8.63. The molecule has 4 rings (SSSR count). The molecule has 0 radical (unpaired) electrons. The van der Waals surface area contributed by atoms with Crippen LogP contribution in [0.1, 0.15) is 44.0 Å². The van der Waals surface area contributed by atoms with E-state index in [1.54, 1.807) is 12.3 Å². The Morgan fingerprint density at radius 2 is 1.97 bits per heavy atom. The second-order valence-corrected chi connectivity index (χ2v) is 7.97. The highest BCUT2D eigenvalue weighted by Crippen LogP contribution is 2.31. The van der Waals surface area contributed by atoms with Crippen molar-refractivity contribution >= 4 is 22.8 Å². The third kappa shape index (κ3) is 3.87. The van der Waals surface area contributed by atoms with Crippen LogP contribution in [0, 0.1) is 5.82 Å². The molecule has 164 valence electrons. The Bertz CT molecular complexity index is 1090. The molecule has 31 heavy (non-hydrogen) atoms. The Morgan fingerprint density at radius 1 is 1.23 bits per heavy atom. The lowest BCUT2D eigenvalue weighted by Gasteiger charge is -2.27. The number of aromatic nitrogens is 3. The molecule has 3 heterocycles. The zero-order chi connectivity index (χ0) is 22.1. The summed E-state index contributed by atoms with van der Waals surface area (Å²) in [5, 5.41) is 9.26. The molecule has 7 nitrogen and oxygen atoms in total. The van der Waals surface area contributed by atoms with E-state index >= 15 is 0 Å². The quantitative estimate of drug-likeness (QED) is 0.566. The van der Waals surface area contributed by atoms with Gasteiger partial charge >= 0.3 is 5.97 Å². The van der Waals surface area contributed by atoms with Crippen LogP contribution in [0.25, 0.3) is 22.4 Å². The minimum absolute atomic E-state index is 0.0391. The van der Waals surface area contributed by atoms with Crippen LogP contribution in [0.2, 0.25) is 0 Å². The van der Waals surface area contributed by atoms with Crippen molar-refractivity contribution in [1.29, 1.82) is 0 Å². The van der Waals surface area contributed by atoms with Crippen LogP contribution in [-0.2, 0) is 11.3 Å². The Labute approximate surface area is 180 Å².